The summed E-state index contributed by atoms with van der Waals surface area (Å²) >= 11 is 1.54. The molecule has 0 aliphatic rings. The highest BCUT2D eigenvalue weighted by Gasteiger charge is 2.10. The average molecular weight is 280 g/mol. The maximum atomic E-state index is 11.8. The Morgan fingerprint density at radius 1 is 1.42 bits per heavy atom. The Morgan fingerprint density at radius 2 is 2.16 bits per heavy atom. The number of carboxylic acids is 1. The van der Waals surface area contributed by atoms with Gasteiger partial charge in [0, 0.05) is 12.3 Å². The van der Waals surface area contributed by atoms with Crippen LogP contribution >= 0.6 is 11.8 Å². The molecule has 6 nitrogen and oxygen atoms in total. The monoisotopic (exact) mass is 280 g/mol. The number of aromatic nitrogens is 2. The second kappa shape index (κ2) is 5.31. The van der Waals surface area contributed by atoms with Crippen molar-refractivity contribution in [1.29, 1.82) is 0 Å². The van der Waals surface area contributed by atoms with Crippen molar-refractivity contribution in [2.24, 2.45) is 0 Å². The molecule has 19 heavy (non-hydrogen) atoms. The fourth-order valence-electron chi connectivity index (χ4n) is 1.81. The molecule has 2 aromatic rings. The molecule has 0 unspecified atom stereocenters. The minimum atomic E-state index is -1.07. The second-order valence-electron chi connectivity index (χ2n) is 3.94. The molecule has 0 atom stereocenters. The minimum absolute atomic E-state index is 0.0804. The van der Waals surface area contributed by atoms with E-state index in [-0.39, 0.29) is 5.56 Å². The molecule has 0 saturated heterocycles. The number of hydrogen-bond acceptors (Lipinski definition) is 4. The summed E-state index contributed by atoms with van der Waals surface area (Å²) in [6.07, 6.45) is 1.89. The van der Waals surface area contributed by atoms with E-state index in [0.29, 0.717) is 23.3 Å². The fraction of sp³-hybridized carbons (Fsp3) is 0.250. The third kappa shape index (κ3) is 2.55. The van der Waals surface area contributed by atoms with E-state index in [4.69, 9.17) is 5.11 Å². The van der Waals surface area contributed by atoms with Crippen molar-refractivity contribution >= 4 is 28.8 Å². The maximum absolute atomic E-state index is 11.8. The maximum Gasteiger partial charge on any atom is 0.335 e. The summed E-state index contributed by atoms with van der Waals surface area (Å²) < 4.78 is 1.32. The number of benzene rings is 1. The van der Waals surface area contributed by atoms with E-state index >= 15 is 0 Å². The number of aryl methyl sites for hydroxylation is 1. The van der Waals surface area contributed by atoms with Gasteiger partial charge in [0.1, 0.15) is 0 Å². The van der Waals surface area contributed by atoms with Gasteiger partial charge >= 0.3 is 17.1 Å². The van der Waals surface area contributed by atoms with Gasteiger partial charge in [-0.25, -0.2) is 4.79 Å². The molecule has 1 heterocycles. The number of nitrogens with zero attached hydrogens (tertiary/aromatic N) is 1. The lowest BCUT2D eigenvalue weighted by Crippen LogP contribution is -2.36. The number of fused-ring (bicyclic) bond motifs is 1. The molecule has 0 aliphatic carbocycles. The number of carbonyl (C=O) groups is 1. The largest absolute Gasteiger partial charge is 0.478 e. The van der Waals surface area contributed by atoms with Crippen LogP contribution in [0.25, 0.3) is 11.0 Å². The predicted octanol–water partition coefficient (Wildman–Crippen LogP) is 0.751. The molecule has 0 aliphatic heterocycles. The van der Waals surface area contributed by atoms with Gasteiger partial charge in [-0.05, 0) is 24.5 Å². The van der Waals surface area contributed by atoms with Crippen LogP contribution in [0.1, 0.15) is 10.4 Å². The molecule has 0 bridgehead atoms. The Bertz CT molecular complexity index is 747. The molecule has 0 radical (unpaired) electrons. The summed E-state index contributed by atoms with van der Waals surface area (Å²) in [6.45, 7) is 0.365. The van der Waals surface area contributed by atoms with Crippen molar-refractivity contribution in [1.82, 2.24) is 9.55 Å². The Labute approximate surface area is 112 Å². The fourth-order valence-corrected chi connectivity index (χ4v) is 2.17. The molecule has 0 amide bonds. The van der Waals surface area contributed by atoms with Crippen molar-refractivity contribution in [3.05, 3.63) is 44.5 Å². The standard InChI is InChI=1S/C12H12N2O4S/c1-19-5-4-14-9-6-7(12(17)18)2-3-8(9)13-10(15)11(14)16/h2-3,6H,4-5H2,1H3,(H,13,15)(H,17,18). The lowest BCUT2D eigenvalue weighted by Gasteiger charge is -2.09. The molecular formula is C12H12N2O4S. The Kier molecular flexibility index (Phi) is 3.75. The molecule has 2 rings (SSSR count). The zero-order valence-electron chi connectivity index (χ0n) is 10.2. The van der Waals surface area contributed by atoms with Gasteiger partial charge in [-0.3, -0.25) is 9.59 Å². The molecule has 0 saturated carbocycles. The van der Waals surface area contributed by atoms with E-state index in [9.17, 15) is 14.4 Å². The highest BCUT2D eigenvalue weighted by atomic mass is 32.2. The van der Waals surface area contributed by atoms with Crippen LogP contribution in [0, 0.1) is 0 Å². The third-order valence-electron chi connectivity index (χ3n) is 2.74. The summed E-state index contributed by atoms with van der Waals surface area (Å²) in [7, 11) is 0. The number of hydrogen-bond donors (Lipinski definition) is 2. The SMILES string of the molecule is CSCCn1c(=O)c(=O)[nH]c2ccc(C(=O)O)cc21. The van der Waals surface area contributed by atoms with Crippen LogP contribution in [0.4, 0.5) is 0 Å². The number of carboxylic acid groups (broad SMARTS) is 1. The molecule has 100 valence electrons. The lowest BCUT2D eigenvalue weighted by atomic mass is 10.2. The van der Waals surface area contributed by atoms with Crippen LogP contribution in [-0.4, -0.2) is 32.6 Å². The first kappa shape index (κ1) is 13.4. The summed E-state index contributed by atoms with van der Waals surface area (Å²) in [6, 6.07) is 4.29. The topological polar surface area (TPSA) is 92.2 Å². The van der Waals surface area contributed by atoms with Gasteiger partial charge in [0.25, 0.3) is 0 Å². The van der Waals surface area contributed by atoms with Gasteiger partial charge in [0.15, 0.2) is 0 Å². The summed E-state index contributed by atoms with van der Waals surface area (Å²) in [5, 5.41) is 8.97. The Balaban J connectivity index is 2.75. The normalized spacial score (nSPS) is 10.8. The smallest absolute Gasteiger partial charge is 0.335 e. The molecule has 0 fully saturated rings. The summed E-state index contributed by atoms with van der Waals surface area (Å²) in [5.74, 6) is -0.410. The zero-order chi connectivity index (χ0) is 14.0. The number of thioether (sulfide) groups is 1. The molecule has 1 aromatic carbocycles. The number of aromatic carboxylic acids is 1. The van der Waals surface area contributed by atoms with Crippen LogP contribution in [-0.2, 0) is 6.54 Å². The van der Waals surface area contributed by atoms with Crippen LogP contribution in [0.15, 0.2) is 27.8 Å². The Hall–Kier alpha value is -2.02. The van der Waals surface area contributed by atoms with E-state index in [1.54, 1.807) is 11.8 Å². The molecule has 0 spiro atoms. The first-order valence-electron chi connectivity index (χ1n) is 5.53. The third-order valence-corrected chi connectivity index (χ3v) is 3.33. The molecule has 2 N–H and O–H groups in total. The van der Waals surface area contributed by atoms with Crippen LogP contribution in [0.3, 0.4) is 0 Å². The second-order valence-corrected chi connectivity index (χ2v) is 4.93. The highest BCUT2D eigenvalue weighted by molar-refractivity contribution is 7.98. The van der Waals surface area contributed by atoms with Crippen LogP contribution in [0.5, 0.6) is 0 Å². The number of rotatable bonds is 4. The van der Waals surface area contributed by atoms with E-state index < -0.39 is 17.1 Å². The number of H-pyrrole nitrogens is 1. The van der Waals surface area contributed by atoms with Gasteiger partial charge in [-0.1, -0.05) is 0 Å². The number of aromatic amines is 1. The van der Waals surface area contributed by atoms with Crippen LogP contribution in [0.2, 0.25) is 0 Å². The van der Waals surface area contributed by atoms with Gasteiger partial charge in [0.05, 0.1) is 16.6 Å². The number of nitrogens with one attached hydrogen (secondary N) is 1. The van der Waals surface area contributed by atoms with E-state index in [2.05, 4.69) is 4.98 Å². The zero-order valence-corrected chi connectivity index (χ0v) is 11.0. The Morgan fingerprint density at radius 3 is 2.79 bits per heavy atom. The molecule has 1 aromatic heterocycles. The predicted molar refractivity (Wildman–Crippen MR) is 74.2 cm³/mol. The first-order valence-corrected chi connectivity index (χ1v) is 6.93. The molecule has 7 heteroatoms. The average Bonchev–Trinajstić information content (AvgIpc) is 2.39. The van der Waals surface area contributed by atoms with Crippen molar-refractivity contribution < 1.29 is 9.90 Å². The van der Waals surface area contributed by atoms with E-state index in [0.717, 1.165) is 0 Å². The van der Waals surface area contributed by atoms with Crippen molar-refractivity contribution in [3.63, 3.8) is 0 Å². The quantitative estimate of drug-likeness (QED) is 0.806. The van der Waals surface area contributed by atoms with Gasteiger partial charge in [-0.15, -0.1) is 0 Å². The van der Waals surface area contributed by atoms with Gasteiger partial charge in [0.2, 0.25) is 0 Å². The first-order chi connectivity index (χ1) is 9.04. The summed E-state index contributed by atoms with van der Waals surface area (Å²) in [4.78, 5) is 36.8. The van der Waals surface area contributed by atoms with Gasteiger partial charge < -0.3 is 14.7 Å². The van der Waals surface area contributed by atoms with E-state index in [1.165, 1.54) is 22.8 Å². The van der Waals surface area contributed by atoms with Gasteiger partial charge in [-0.2, -0.15) is 11.8 Å². The van der Waals surface area contributed by atoms with E-state index in [1.807, 2.05) is 6.26 Å². The molecular weight excluding hydrogens is 268 g/mol. The van der Waals surface area contributed by atoms with Crippen LogP contribution < -0.4 is 11.1 Å². The van der Waals surface area contributed by atoms with Crippen molar-refractivity contribution in [2.45, 2.75) is 6.54 Å². The van der Waals surface area contributed by atoms with Crippen molar-refractivity contribution in [3.8, 4) is 0 Å². The lowest BCUT2D eigenvalue weighted by molar-refractivity contribution is 0.0697. The van der Waals surface area contributed by atoms with Crippen molar-refractivity contribution in [2.75, 3.05) is 12.0 Å². The summed E-state index contributed by atoms with van der Waals surface area (Å²) in [5.41, 5.74) is -0.396. The highest BCUT2D eigenvalue weighted by Crippen LogP contribution is 2.12. The minimum Gasteiger partial charge on any atom is -0.478 e.